The van der Waals surface area contributed by atoms with Gasteiger partial charge in [-0.1, -0.05) is 0 Å². The van der Waals surface area contributed by atoms with Gasteiger partial charge >= 0.3 is 5.97 Å². The van der Waals surface area contributed by atoms with Crippen LogP contribution in [0.4, 0.5) is 8.78 Å². The van der Waals surface area contributed by atoms with E-state index in [4.69, 9.17) is 9.84 Å². The van der Waals surface area contributed by atoms with E-state index in [0.29, 0.717) is 0 Å². The van der Waals surface area contributed by atoms with Crippen molar-refractivity contribution in [1.29, 1.82) is 0 Å². The predicted octanol–water partition coefficient (Wildman–Crippen LogP) is 1.95. The fraction of sp³-hybridized carbons (Fsp3) is 0.300. The van der Waals surface area contributed by atoms with E-state index in [1.807, 2.05) is 0 Å². The molecule has 1 rings (SSSR count). The molecule has 1 aromatic carbocycles. The lowest BCUT2D eigenvalue weighted by Gasteiger charge is -2.08. The molecule has 0 heterocycles. The van der Waals surface area contributed by atoms with Gasteiger partial charge < -0.3 is 9.84 Å². The van der Waals surface area contributed by atoms with E-state index in [2.05, 4.69) is 0 Å². The molecule has 0 amide bonds. The third-order valence-corrected chi connectivity index (χ3v) is 1.77. The molecule has 1 aromatic rings. The van der Waals surface area contributed by atoms with Gasteiger partial charge in [0.05, 0.1) is 6.61 Å². The van der Waals surface area contributed by atoms with Crippen LogP contribution in [-0.2, 0) is 16.1 Å². The first kappa shape index (κ1) is 11.6. The molecule has 0 aromatic heterocycles. The average molecular weight is 216 g/mol. The van der Waals surface area contributed by atoms with E-state index < -0.39 is 23.7 Å². The van der Waals surface area contributed by atoms with Crippen molar-refractivity contribution in [3.63, 3.8) is 0 Å². The molecular weight excluding hydrogens is 206 g/mol. The molecule has 1 N–H and O–H groups in total. The second-order valence-electron chi connectivity index (χ2n) is 3.07. The topological polar surface area (TPSA) is 46.5 Å². The number of rotatable bonds is 4. The summed E-state index contributed by atoms with van der Waals surface area (Å²) in [6, 6.07) is 2.93. The quantitative estimate of drug-likeness (QED) is 0.836. The lowest BCUT2D eigenvalue weighted by molar-refractivity contribution is -0.149. The van der Waals surface area contributed by atoms with Gasteiger partial charge in [-0.25, -0.2) is 13.6 Å². The molecule has 0 unspecified atom stereocenters. The molecule has 0 bridgehead atoms. The zero-order valence-electron chi connectivity index (χ0n) is 8.04. The van der Waals surface area contributed by atoms with Gasteiger partial charge in [-0.2, -0.15) is 0 Å². The summed E-state index contributed by atoms with van der Waals surface area (Å²) in [5, 5.41) is 8.50. The highest BCUT2D eigenvalue weighted by molar-refractivity contribution is 5.71. The summed E-state index contributed by atoms with van der Waals surface area (Å²) in [5.74, 6) is -2.54. The fourth-order valence-corrected chi connectivity index (χ4v) is 0.987. The maximum Gasteiger partial charge on any atom is 0.332 e. The molecule has 0 fully saturated rings. The molecule has 0 aliphatic heterocycles. The highest BCUT2D eigenvalue weighted by atomic mass is 19.1. The van der Waals surface area contributed by atoms with Crippen LogP contribution in [0.3, 0.4) is 0 Å². The lowest BCUT2D eigenvalue weighted by atomic mass is 10.2. The molecule has 1 atom stereocenters. The van der Waals surface area contributed by atoms with Crippen molar-refractivity contribution >= 4 is 5.97 Å². The second kappa shape index (κ2) is 4.84. The Morgan fingerprint density at radius 1 is 1.40 bits per heavy atom. The Bertz CT molecular complexity index is 345. The van der Waals surface area contributed by atoms with Gasteiger partial charge in [0.15, 0.2) is 6.10 Å². The third-order valence-electron chi connectivity index (χ3n) is 1.77. The molecule has 3 nitrogen and oxygen atoms in total. The summed E-state index contributed by atoms with van der Waals surface area (Å²) in [7, 11) is 0. The standard InChI is InChI=1S/C10H10F2O3/c1-6(10(13)14)15-5-7-2-8(11)4-9(12)3-7/h2-4,6H,5H2,1H3,(H,13,14)/t6-/m1/s1. The molecular formula is C10H10F2O3. The van der Waals surface area contributed by atoms with Gasteiger partial charge in [-0.05, 0) is 24.6 Å². The first-order valence-electron chi connectivity index (χ1n) is 4.28. The van der Waals surface area contributed by atoms with Crippen LogP contribution in [0.1, 0.15) is 12.5 Å². The predicted molar refractivity (Wildman–Crippen MR) is 48.2 cm³/mol. The van der Waals surface area contributed by atoms with Gasteiger partial charge in [0, 0.05) is 6.07 Å². The Kier molecular flexibility index (Phi) is 3.74. The van der Waals surface area contributed by atoms with Crippen LogP contribution in [0.2, 0.25) is 0 Å². The molecule has 0 aliphatic rings. The Balaban J connectivity index is 2.61. The first-order chi connectivity index (χ1) is 6.99. The molecule has 5 heteroatoms. The van der Waals surface area contributed by atoms with E-state index in [0.717, 1.165) is 18.2 Å². The van der Waals surface area contributed by atoms with Crippen LogP contribution in [0.5, 0.6) is 0 Å². The van der Waals surface area contributed by atoms with E-state index in [1.54, 1.807) is 0 Å². The Morgan fingerprint density at radius 3 is 2.40 bits per heavy atom. The largest absolute Gasteiger partial charge is 0.479 e. The average Bonchev–Trinajstić information content (AvgIpc) is 2.12. The summed E-state index contributed by atoms with van der Waals surface area (Å²) < 4.78 is 30.3. The number of aliphatic carboxylic acids is 1. The van der Waals surface area contributed by atoms with Crippen molar-refractivity contribution in [3.8, 4) is 0 Å². The minimum absolute atomic E-state index is 0.137. The van der Waals surface area contributed by atoms with Crippen LogP contribution >= 0.6 is 0 Å². The third kappa shape index (κ3) is 3.63. The normalized spacial score (nSPS) is 12.5. The summed E-state index contributed by atoms with van der Waals surface area (Å²) in [6.45, 7) is 1.21. The van der Waals surface area contributed by atoms with Crippen LogP contribution in [0.15, 0.2) is 18.2 Å². The highest BCUT2D eigenvalue weighted by Gasteiger charge is 2.11. The fourth-order valence-electron chi connectivity index (χ4n) is 0.987. The summed E-state index contributed by atoms with van der Waals surface area (Å²) in [4.78, 5) is 10.4. The zero-order valence-corrected chi connectivity index (χ0v) is 8.04. The number of hydrogen-bond acceptors (Lipinski definition) is 2. The second-order valence-corrected chi connectivity index (χ2v) is 3.07. The molecule has 0 saturated carbocycles. The zero-order chi connectivity index (χ0) is 11.4. The van der Waals surface area contributed by atoms with E-state index >= 15 is 0 Å². The van der Waals surface area contributed by atoms with Gasteiger partial charge in [0.1, 0.15) is 11.6 Å². The Hall–Kier alpha value is -1.49. The van der Waals surface area contributed by atoms with Crippen LogP contribution in [0.25, 0.3) is 0 Å². The number of ether oxygens (including phenoxy) is 1. The smallest absolute Gasteiger partial charge is 0.332 e. The van der Waals surface area contributed by atoms with Gasteiger partial charge in [0.25, 0.3) is 0 Å². The highest BCUT2D eigenvalue weighted by Crippen LogP contribution is 2.10. The van der Waals surface area contributed by atoms with Crippen molar-refractivity contribution < 1.29 is 23.4 Å². The minimum Gasteiger partial charge on any atom is -0.479 e. The van der Waals surface area contributed by atoms with Crippen LogP contribution in [-0.4, -0.2) is 17.2 Å². The van der Waals surface area contributed by atoms with Gasteiger partial charge in [-0.15, -0.1) is 0 Å². The molecule has 15 heavy (non-hydrogen) atoms. The van der Waals surface area contributed by atoms with Gasteiger partial charge in [0.2, 0.25) is 0 Å². The number of benzene rings is 1. The number of halogens is 2. The SMILES string of the molecule is C[C@@H](OCc1cc(F)cc(F)c1)C(=O)O. The van der Waals surface area contributed by atoms with E-state index in [9.17, 15) is 13.6 Å². The van der Waals surface area contributed by atoms with Crippen LogP contribution in [0, 0.1) is 11.6 Å². The number of carboxylic acids is 1. The minimum atomic E-state index is -1.12. The first-order valence-corrected chi connectivity index (χ1v) is 4.28. The summed E-state index contributed by atoms with van der Waals surface area (Å²) in [5.41, 5.74) is 0.264. The van der Waals surface area contributed by atoms with Crippen molar-refractivity contribution in [1.82, 2.24) is 0 Å². The van der Waals surface area contributed by atoms with Crippen LogP contribution < -0.4 is 0 Å². The number of hydrogen-bond donors (Lipinski definition) is 1. The Morgan fingerprint density at radius 2 is 1.93 bits per heavy atom. The summed E-state index contributed by atoms with van der Waals surface area (Å²) in [6.07, 6.45) is -1.00. The number of carboxylic acid groups (broad SMARTS) is 1. The molecule has 82 valence electrons. The lowest BCUT2D eigenvalue weighted by Crippen LogP contribution is -2.19. The van der Waals surface area contributed by atoms with Crippen molar-refractivity contribution in [2.45, 2.75) is 19.6 Å². The Labute approximate surface area is 85.3 Å². The molecule has 0 radical (unpaired) electrons. The van der Waals surface area contributed by atoms with Crippen molar-refractivity contribution in [2.75, 3.05) is 0 Å². The van der Waals surface area contributed by atoms with E-state index in [-0.39, 0.29) is 12.2 Å². The van der Waals surface area contributed by atoms with Gasteiger partial charge in [-0.3, -0.25) is 0 Å². The maximum absolute atomic E-state index is 12.7. The number of carbonyl (C=O) groups is 1. The maximum atomic E-state index is 12.7. The summed E-state index contributed by atoms with van der Waals surface area (Å²) >= 11 is 0. The molecule has 0 saturated heterocycles. The van der Waals surface area contributed by atoms with Crippen molar-refractivity contribution in [3.05, 3.63) is 35.4 Å². The van der Waals surface area contributed by atoms with E-state index in [1.165, 1.54) is 6.92 Å². The van der Waals surface area contributed by atoms with Crippen molar-refractivity contribution in [2.24, 2.45) is 0 Å². The molecule has 0 spiro atoms. The monoisotopic (exact) mass is 216 g/mol. The molecule has 0 aliphatic carbocycles.